The van der Waals surface area contributed by atoms with Gasteiger partial charge < -0.3 is 15.5 Å². The second-order valence-corrected chi connectivity index (χ2v) is 4.00. The molecular weight excluding hydrogens is 216 g/mol. The zero-order chi connectivity index (χ0) is 12.1. The number of ether oxygens (including phenoxy) is 1. The number of hydrogen-bond donors (Lipinski definition) is 2. The van der Waals surface area contributed by atoms with E-state index >= 15 is 0 Å². The highest BCUT2D eigenvalue weighted by Gasteiger charge is 2.12. The average molecular weight is 232 g/mol. The largest absolute Gasteiger partial charge is 0.464 e. The molecule has 2 rings (SSSR count). The molecule has 0 radical (unpaired) electrons. The SMILES string of the molecule is NCCC(Cc1c[nH]c2ccccc12)OC=O. The van der Waals surface area contributed by atoms with Crippen LogP contribution in [0.2, 0.25) is 0 Å². The summed E-state index contributed by atoms with van der Waals surface area (Å²) in [5.41, 5.74) is 7.75. The first-order chi connectivity index (χ1) is 8.35. The van der Waals surface area contributed by atoms with Gasteiger partial charge in [0.2, 0.25) is 0 Å². The van der Waals surface area contributed by atoms with E-state index in [2.05, 4.69) is 11.1 Å². The number of para-hydroxylation sites is 1. The smallest absolute Gasteiger partial charge is 0.293 e. The summed E-state index contributed by atoms with van der Waals surface area (Å²) in [6, 6.07) is 8.07. The van der Waals surface area contributed by atoms with Crippen molar-refractivity contribution in [1.29, 1.82) is 0 Å². The van der Waals surface area contributed by atoms with Crippen LogP contribution in [0.25, 0.3) is 10.9 Å². The molecule has 4 heteroatoms. The second kappa shape index (κ2) is 5.50. The fourth-order valence-corrected chi connectivity index (χ4v) is 2.03. The lowest BCUT2D eigenvalue weighted by atomic mass is 10.0. The third-order valence-electron chi connectivity index (χ3n) is 2.86. The number of rotatable bonds is 6. The van der Waals surface area contributed by atoms with Crippen LogP contribution in [-0.2, 0) is 16.0 Å². The van der Waals surface area contributed by atoms with Crippen LogP contribution in [0.3, 0.4) is 0 Å². The first-order valence-electron chi connectivity index (χ1n) is 5.69. The number of carbonyl (C=O) groups excluding carboxylic acids is 1. The van der Waals surface area contributed by atoms with Crippen LogP contribution >= 0.6 is 0 Å². The van der Waals surface area contributed by atoms with Gasteiger partial charge in [0.25, 0.3) is 6.47 Å². The van der Waals surface area contributed by atoms with Crippen LogP contribution in [0.5, 0.6) is 0 Å². The van der Waals surface area contributed by atoms with E-state index in [1.54, 1.807) is 0 Å². The molecule has 0 saturated heterocycles. The molecule has 0 fully saturated rings. The van der Waals surface area contributed by atoms with E-state index in [0.717, 1.165) is 11.1 Å². The molecule has 3 N–H and O–H groups in total. The van der Waals surface area contributed by atoms with Crippen LogP contribution in [0.4, 0.5) is 0 Å². The van der Waals surface area contributed by atoms with Crippen molar-refractivity contribution in [3.8, 4) is 0 Å². The summed E-state index contributed by atoms with van der Waals surface area (Å²) < 4.78 is 5.03. The van der Waals surface area contributed by atoms with E-state index in [0.29, 0.717) is 25.9 Å². The summed E-state index contributed by atoms with van der Waals surface area (Å²) in [6.07, 6.45) is 3.19. The van der Waals surface area contributed by atoms with E-state index in [1.165, 1.54) is 5.39 Å². The number of aromatic amines is 1. The minimum atomic E-state index is -0.142. The Kier molecular flexibility index (Phi) is 3.77. The Hall–Kier alpha value is -1.81. The Morgan fingerprint density at radius 3 is 3.00 bits per heavy atom. The number of nitrogens with two attached hydrogens (primary N) is 1. The highest BCUT2D eigenvalue weighted by atomic mass is 16.5. The van der Waals surface area contributed by atoms with Crippen molar-refractivity contribution in [1.82, 2.24) is 4.98 Å². The van der Waals surface area contributed by atoms with Crippen LogP contribution < -0.4 is 5.73 Å². The molecule has 90 valence electrons. The Bertz CT molecular complexity index is 493. The van der Waals surface area contributed by atoms with Crippen molar-refractivity contribution in [2.45, 2.75) is 18.9 Å². The Labute approximate surface area is 99.8 Å². The fraction of sp³-hybridized carbons (Fsp3) is 0.308. The predicted octanol–water partition coefficient (Wildman–Crippen LogP) is 1.60. The van der Waals surface area contributed by atoms with Gasteiger partial charge in [0, 0.05) is 23.5 Å². The quantitative estimate of drug-likeness (QED) is 0.743. The van der Waals surface area contributed by atoms with Gasteiger partial charge in [-0.3, -0.25) is 4.79 Å². The number of benzene rings is 1. The number of H-pyrrole nitrogens is 1. The standard InChI is InChI=1S/C13H16N2O2/c14-6-5-11(17-9-16)7-10-8-15-13-4-2-1-3-12(10)13/h1-4,8-9,11,15H,5-7,14H2. The minimum absolute atomic E-state index is 0.142. The molecule has 0 amide bonds. The van der Waals surface area contributed by atoms with Gasteiger partial charge >= 0.3 is 0 Å². The fourth-order valence-electron chi connectivity index (χ4n) is 2.03. The van der Waals surface area contributed by atoms with Crippen LogP contribution in [0, 0.1) is 0 Å². The molecule has 1 heterocycles. The number of carbonyl (C=O) groups is 1. The molecular formula is C13H16N2O2. The van der Waals surface area contributed by atoms with Crippen molar-refractivity contribution in [3.05, 3.63) is 36.0 Å². The molecule has 17 heavy (non-hydrogen) atoms. The first kappa shape index (κ1) is 11.7. The van der Waals surface area contributed by atoms with Crippen LogP contribution in [0.1, 0.15) is 12.0 Å². The molecule has 0 saturated carbocycles. The van der Waals surface area contributed by atoms with Crippen LogP contribution in [-0.4, -0.2) is 24.1 Å². The van der Waals surface area contributed by atoms with Gasteiger partial charge in [0.1, 0.15) is 6.10 Å². The van der Waals surface area contributed by atoms with Crippen molar-refractivity contribution in [3.63, 3.8) is 0 Å². The number of aromatic nitrogens is 1. The summed E-state index contributed by atoms with van der Waals surface area (Å²) in [7, 11) is 0. The predicted molar refractivity (Wildman–Crippen MR) is 66.6 cm³/mol. The van der Waals surface area contributed by atoms with E-state index in [1.807, 2.05) is 24.4 Å². The summed E-state index contributed by atoms with van der Waals surface area (Å²) in [5, 5.41) is 1.17. The zero-order valence-electron chi connectivity index (χ0n) is 9.56. The maximum Gasteiger partial charge on any atom is 0.293 e. The lowest BCUT2D eigenvalue weighted by Crippen LogP contribution is -2.19. The van der Waals surface area contributed by atoms with Crippen molar-refractivity contribution >= 4 is 17.4 Å². The summed E-state index contributed by atoms with van der Waals surface area (Å²) >= 11 is 0. The van der Waals surface area contributed by atoms with Gasteiger partial charge in [-0.25, -0.2) is 0 Å². The third kappa shape index (κ3) is 2.65. The third-order valence-corrected chi connectivity index (χ3v) is 2.86. The highest BCUT2D eigenvalue weighted by Crippen LogP contribution is 2.20. The van der Waals surface area contributed by atoms with Gasteiger partial charge in [0.15, 0.2) is 0 Å². The molecule has 4 nitrogen and oxygen atoms in total. The second-order valence-electron chi connectivity index (χ2n) is 4.00. The lowest BCUT2D eigenvalue weighted by molar-refractivity contribution is -0.133. The van der Waals surface area contributed by atoms with E-state index in [-0.39, 0.29) is 6.10 Å². The molecule has 1 atom stereocenters. The summed E-state index contributed by atoms with van der Waals surface area (Å²) in [4.78, 5) is 13.6. The normalized spacial score (nSPS) is 12.5. The molecule has 1 aromatic carbocycles. The van der Waals surface area contributed by atoms with Gasteiger partial charge in [0.05, 0.1) is 0 Å². The topological polar surface area (TPSA) is 68.1 Å². The maximum absolute atomic E-state index is 10.4. The van der Waals surface area contributed by atoms with E-state index < -0.39 is 0 Å². The van der Waals surface area contributed by atoms with Gasteiger partial charge in [-0.1, -0.05) is 18.2 Å². The summed E-state index contributed by atoms with van der Waals surface area (Å²) in [6.45, 7) is 1.01. The maximum atomic E-state index is 10.4. The van der Waals surface area contributed by atoms with E-state index in [4.69, 9.17) is 10.5 Å². The molecule has 0 aliphatic carbocycles. The molecule has 0 bridgehead atoms. The lowest BCUT2D eigenvalue weighted by Gasteiger charge is -2.13. The monoisotopic (exact) mass is 232 g/mol. The van der Waals surface area contributed by atoms with Gasteiger partial charge in [-0.15, -0.1) is 0 Å². The minimum Gasteiger partial charge on any atom is -0.464 e. The van der Waals surface area contributed by atoms with Crippen molar-refractivity contribution in [2.75, 3.05) is 6.54 Å². The van der Waals surface area contributed by atoms with Crippen molar-refractivity contribution < 1.29 is 9.53 Å². The van der Waals surface area contributed by atoms with Gasteiger partial charge in [-0.05, 0) is 24.6 Å². The number of hydrogen-bond acceptors (Lipinski definition) is 3. The molecule has 0 spiro atoms. The average Bonchev–Trinajstić information content (AvgIpc) is 2.74. The Morgan fingerprint density at radius 1 is 1.41 bits per heavy atom. The molecule has 2 aromatic rings. The van der Waals surface area contributed by atoms with Gasteiger partial charge in [-0.2, -0.15) is 0 Å². The molecule has 1 unspecified atom stereocenters. The summed E-state index contributed by atoms with van der Waals surface area (Å²) in [5.74, 6) is 0. The van der Waals surface area contributed by atoms with Crippen molar-refractivity contribution in [2.24, 2.45) is 5.73 Å². The van der Waals surface area contributed by atoms with E-state index in [9.17, 15) is 4.79 Å². The molecule has 0 aliphatic rings. The van der Waals surface area contributed by atoms with Crippen LogP contribution in [0.15, 0.2) is 30.5 Å². The molecule has 1 aromatic heterocycles. The number of nitrogens with one attached hydrogen (secondary N) is 1. The Balaban J connectivity index is 2.18. The highest BCUT2D eigenvalue weighted by molar-refractivity contribution is 5.83. The number of fused-ring (bicyclic) bond motifs is 1. The zero-order valence-corrected chi connectivity index (χ0v) is 9.56. The molecule has 0 aliphatic heterocycles. The Morgan fingerprint density at radius 2 is 2.24 bits per heavy atom. The first-order valence-corrected chi connectivity index (χ1v) is 5.69.